The van der Waals surface area contributed by atoms with Crippen molar-refractivity contribution in [2.24, 2.45) is 0 Å². The molecule has 0 aromatic carbocycles. The van der Waals surface area contributed by atoms with Crippen LogP contribution in [0.25, 0.3) is 11.0 Å². The summed E-state index contributed by atoms with van der Waals surface area (Å²) in [7, 11) is 1.51. The van der Waals surface area contributed by atoms with Gasteiger partial charge in [-0.15, -0.1) is 0 Å². The third-order valence-corrected chi connectivity index (χ3v) is 5.09. The summed E-state index contributed by atoms with van der Waals surface area (Å²) in [5.41, 5.74) is 1.72. The first kappa shape index (κ1) is 17.9. The van der Waals surface area contributed by atoms with Crippen molar-refractivity contribution in [2.45, 2.75) is 18.9 Å². The number of piperidine rings is 1. The fourth-order valence-corrected chi connectivity index (χ4v) is 3.72. The van der Waals surface area contributed by atoms with Crippen molar-refractivity contribution in [3.8, 4) is 5.88 Å². The number of methoxy groups -OCH3 is 1. The lowest BCUT2D eigenvalue weighted by molar-refractivity contribution is 0.0691. The molecule has 8 nitrogen and oxygen atoms in total. The van der Waals surface area contributed by atoms with E-state index in [1.807, 2.05) is 4.90 Å². The quantitative estimate of drug-likeness (QED) is 0.621. The van der Waals surface area contributed by atoms with Gasteiger partial charge in [-0.2, -0.15) is 10.1 Å². The third-order valence-electron chi connectivity index (χ3n) is 4.66. The predicted octanol–water partition coefficient (Wildman–Crippen LogP) is 3.01. The van der Waals surface area contributed by atoms with Gasteiger partial charge >= 0.3 is 0 Å². The van der Waals surface area contributed by atoms with Gasteiger partial charge in [-0.05, 0) is 36.6 Å². The number of hydrogen-bond donors (Lipinski definition) is 0. The molecule has 0 N–H and O–H groups in total. The van der Waals surface area contributed by atoms with Crippen molar-refractivity contribution in [3.05, 3.63) is 40.5 Å². The van der Waals surface area contributed by atoms with Crippen LogP contribution in [0.3, 0.4) is 0 Å². The standard InChI is InChI=1S/C17H16Cl2N6O2/c1-27-15-13-12(21-17(19)22-15)14(18)23-25(13)11-4-8-24(9-5-11)16(26)10-2-6-20-7-3-10/h2-3,6-7,11H,4-5,8-9H2,1H3. The van der Waals surface area contributed by atoms with Gasteiger partial charge in [0, 0.05) is 31.0 Å². The largest absolute Gasteiger partial charge is 0.479 e. The van der Waals surface area contributed by atoms with Crippen LogP contribution in [0, 0.1) is 0 Å². The van der Waals surface area contributed by atoms with Gasteiger partial charge in [0.1, 0.15) is 5.52 Å². The Balaban J connectivity index is 1.58. The SMILES string of the molecule is COc1nc(Cl)nc2c(Cl)nn(C3CCN(C(=O)c4ccncc4)CC3)c12. The second-order valence-corrected chi connectivity index (χ2v) is 6.89. The Morgan fingerprint density at radius 3 is 2.56 bits per heavy atom. The summed E-state index contributed by atoms with van der Waals surface area (Å²) in [6.07, 6.45) is 4.70. The van der Waals surface area contributed by atoms with Crippen molar-refractivity contribution in [1.29, 1.82) is 0 Å². The predicted molar refractivity (Wildman–Crippen MR) is 100 cm³/mol. The lowest BCUT2D eigenvalue weighted by Crippen LogP contribution is -2.39. The van der Waals surface area contributed by atoms with Crippen LogP contribution in [-0.2, 0) is 0 Å². The zero-order chi connectivity index (χ0) is 19.0. The van der Waals surface area contributed by atoms with Crippen LogP contribution >= 0.6 is 23.2 Å². The molecule has 0 spiro atoms. The average Bonchev–Trinajstić information content (AvgIpc) is 3.04. The van der Waals surface area contributed by atoms with Gasteiger partial charge in [0.25, 0.3) is 5.91 Å². The van der Waals surface area contributed by atoms with Crippen molar-refractivity contribution >= 4 is 40.1 Å². The van der Waals surface area contributed by atoms with Crippen molar-refractivity contribution in [3.63, 3.8) is 0 Å². The molecule has 0 unspecified atom stereocenters. The van der Waals surface area contributed by atoms with Gasteiger partial charge in [-0.25, -0.2) is 4.98 Å². The zero-order valence-corrected chi connectivity index (χ0v) is 16.0. The van der Waals surface area contributed by atoms with Crippen LogP contribution in [0.4, 0.5) is 0 Å². The summed E-state index contributed by atoms with van der Waals surface area (Å²) >= 11 is 12.2. The van der Waals surface area contributed by atoms with Crippen LogP contribution in [0.2, 0.25) is 10.4 Å². The van der Waals surface area contributed by atoms with E-state index in [-0.39, 0.29) is 22.4 Å². The number of fused-ring (bicyclic) bond motifs is 1. The molecule has 0 saturated carbocycles. The Morgan fingerprint density at radius 2 is 1.89 bits per heavy atom. The highest BCUT2D eigenvalue weighted by atomic mass is 35.5. The first-order valence-corrected chi connectivity index (χ1v) is 9.18. The molecule has 3 aromatic rings. The number of amides is 1. The maximum atomic E-state index is 12.6. The second-order valence-electron chi connectivity index (χ2n) is 6.19. The van der Waals surface area contributed by atoms with E-state index < -0.39 is 0 Å². The first-order valence-electron chi connectivity index (χ1n) is 8.43. The molecule has 3 aromatic heterocycles. The minimum atomic E-state index is 0.00639. The molecule has 4 heterocycles. The van der Waals surface area contributed by atoms with Gasteiger partial charge in [0.05, 0.1) is 13.2 Å². The van der Waals surface area contributed by atoms with E-state index in [0.717, 1.165) is 12.8 Å². The number of pyridine rings is 1. The van der Waals surface area contributed by atoms with Gasteiger partial charge in [-0.1, -0.05) is 11.6 Å². The molecule has 4 rings (SSSR count). The molecule has 0 aliphatic carbocycles. The van der Waals surface area contributed by atoms with Gasteiger partial charge in [0.15, 0.2) is 10.7 Å². The number of halogens is 2. The number of rotatable bonds is 3. The lowest BCUT2D eigenvalue weighted by atomic mass is 10.0. The van der Waals surface area contributed by atoms with E-state index in [1.165, 1.54) is 7.11 Å². The number of nitrogens with zero attached hydrogens (tertiary/aromatic N) is 6. The van der Waals surface area contributed by atoms with E-state index in [9.17, 15) is 4.79 Å². The van der Waals surface area contributed by atoms with Crippen LogP contribution < -0.4 is 4.74 Å². The van der Waals surface area contributed by atoms with Gasteiger partial charge < -0.3 is 9.64 Å². The number of carbonyl (C=O) groups is 1. The maximum absolute atomic E-state index is 12.6. The summed E-state index contributed by atoms with van der Waals surface area (Å²) in [6.45, 7) is 1.23. The monoisotopic (exact) mass is 406 g/mol. The van der Waals surface area contributed by atoms with E-state index >= 15 is 0 Å². The Kier molecular flexibility index (Phi) is 4.84. The molecule has 1 saturated heterocycles. The van der Waals surface area contributed by atoms with E-state index in [0.29, 0.717) is 35.6 Å². The van der Waals surface area contributed by atoms with E-state index in [4.69, 9.17) is 27.9 Å². The molecule has 1 aliphatic rings. The number of carbonyl (C=O) groups excluding carboxylic acids is 1. The van der Waals surface area contributed by atoms with Gasteiger partial charge in [-0.3, -0.25) is 14.5 Å². The molecule has 140 valence electrons. The summed E-state index contributed by atoms with van der Waals surface area (Å²) in [6, 6.07) is 3.50. The molecule has 1 amide bonds. The smallest absolute Gasteiger partial charge is 0.253 e. The van der Waals surface area contributed by atoms with Crippen LogP contribution in [0.5, 0.6) is 5.88 Å². The Hall–Kier alpha value is -2.45. The summed E-state index contributed by atoms with van der Waals surface area (Å²) < 4.78 is 7.14. The Labute approximate surface area is 165 Å². The Morgan fingerprint density at radius 1 is 1.19 bits per heavy atom. The van der Waals surface area contributed by atoms with Crippen LogP contribution in [-0.4, -0.2) is 55.7 Å². The highest BCUT2D eigenvalue weighted by Crippen LogP contribution is 2.34. The molecule has 27 heavy (non-hydrogen) atoms. The number of hydrogen-bond acceptors (Lipinski definition) is 6. The fraction of sp³-hybridized carbons (Fsp3) is 0.353. The number of aromatic nitrogens is 5. The molecule has 1 aliphatic heterocycles. The average molecular weight is 407 g/mol. The highest BCUT2D eigenvalue weighted by molar-refractivity contribution is 6.34. The second kappa shape index (κ2) is 7.28. The number of likely N-dealkylation sites (tertiary alicyclic amines) is 1. The van der Waals surface area contributed by atoms with E-state index in [2.05, 4.69) is 20.1 Å². The highest BCUT2D eigenvalue weighted by Gasteiger charge is 2.28. The fourth-order valence-electron chi connectivity index (χ4n) is 3.35. The minimum absolute atomic E-state index is 0.00639. The summed E-state index contributed by atoms with van der Waals surface area (Å²) in [5, 5.41) is 4.73. The third kappa shape index (κ3) is 3.30. The minimum Gasteiger partial charge on any atom is -0.479 e. The van der Waals surface area contributed by atoms with Crippen molar-refractivity contribution in [1.82, 2.24) is 29.6 Å². The molecule has 0 atom stereocenters. The molecule has 0 bridgehead atoms. The van der Waals surface area contributed by atoms with Crippen LogP contribution in [0.1, 0.15) is 29.2 Å². The van der Waals surface area contributed by atoms with E-state index in [1.54, 1.807) is 29.2 Å². The van der Waals surface area contributed by atoms with Gasteiger partial charge in [0.2, 0.25) is 11.2 Å². The molecule has 1 fully saturated rings. The topological polar surface area (TPSA) is 86.0 Å². The Bertz CT molecular complexity index is 986. The molecule has 10 heteroatoms. The zero-order valence-electron chi connectivity index (χ0n) is 14.5. The lowest BCUT2D eigenvalue weighted by Gasteiger charge is -2.32. The normalized spacial score (nSPS) is 15.3. The first-order chi connectivity index (χ1) is 13.1. The van der Waals surface area contributed by atoms with Crippen LogP contribution in [0.15, 0.2) is 24.5 Å². The number of ether oxygens (including phenoxy) is 1. The van der Waals surface area contributed by atoms with Crippen molar-refractivity contribution in [2.75, 3.05) is 20.2 Å². The summed E-state index contributed by atoms with van der Waals surface area (Å²) in [4.78, 5) is 26.7. The molecular weight excluding hydrogens is 391 g/mol. The maximum Gasteiger partial charge on any atom is 0.253 e. The summed E-state index contributed by atoms with van der Waals surface area (Å²) in [5.74, 6) is 0.339. The molecule has 0 radical (unpaired) electrons. The molecular formula is C17H16Cl2N6O2. The van der Waals surface area contributed by atoms with Crippen molar-refractivity contribution < 1.29 is 9.53 Å².